The van der Waals surface area contributed by atoms with Crippen LogP contribution in [0.15, 0.2) is 30.3 Å². The first kappa shape index (κ1) is 18.7. The molecule has 1 aliphatic heterocycles. The van der Waals surface area contributed by atoms with E-state index >= 15 is 0 Å². The molecule has 8 nitrogen and oxygen atoms in total. The molecule has 9 heteroatoms. The van der Waals surface area contributed by atoms with Gasteiger partial charge in [-0.15, -0.1) is 12.3 Å². The number of hydrogen-bond acceptors (Lipinski definition) is 7. The Kier molecular flexibility index (Phi) is 5.30. The summed E-state index contributed by atoms with van der Waals surface area (Å²) in [5, 5.41) is 10.2. The number of hydrogen-bond donors (Lipinski definition) is 1. The summed E-state index contributed by atoms with van der Waals surface area (Å²) in [5.74, 6) is 0.473. The number of fused-ring (bicyclic) bond motifs is 1. The van der Waals surface area contributed by atoms with Gasteiger partial charge in [0, 0.05) is 13.5 Å². The third-order valence-corrected chi connectivity index (χ3v) is 4.04. The number of pyridine rings is 1. The van der Waals surface area contributed by atoms with Crippen LogP contribution >= 0.6 is 0 Å². The Morgan fingerprint density at radius 2 is 2.19 bits per heavy atom. The summed E-state index contributed by atoms with van der Waals surface area (Å²) in [6.07, 6.45) is 0. The molecule has 2 heterocycles. The molecule has 1 N–H and O–H groups in total. The summed E-state index contributed by atoms with van der Waals surface area (Å²) >= 11 is 0. The molecule has 0 saturated heterocycles. The zero-order chi connectivity index (χ0) is 19.4. The second kappa shape index (κ2) is 7.66. The van der Waals surface area contributed by atoms with Crippen LogP contribution in [0.2, 0.25) is 6.82 Å². The Morgan fingerprint density at radius 1 is 1.37 bits per heavy atom. The molecule has 1 atom stereocenters. The molecule has 3 rings (SSSR count). The predicted molar refractivity (Wildman–Crippen MR) is 97.4 cm³/mol. The van der Waals surface area contributed by atoms with Crippen LogP contribution < -0.4 is 14.9 Å². The fraction of sp³-hybridized carbons (Fsp3) is 0.278. The normalized spacial score (nSPS) is 17.7. The van der Waals surface area contributed by atoms with E-state index in [1.54, 1.807) is 37.2 Å². The fourth-order valence-electron chi connectivity index (χ4n) is 2.74. The van der Waals surface area contributed by atoms with E-state index in [2.05, 4.69) is 9.83 Å². The minimum absolute atomic E-state index is 0.0615. The van der Waals surface area contributed by atoms with Gasteiger partial charge < -0.3 is 23.9 Å². The lowest BCUT2D eigenvalue weighted by Gasteiger charge is -2.24. The number of nitrogens with zero attached hydrogens (tertiary/aromatic N) is 2. The number of esters is 1. The van der Waals surface area contributed by atoms with E-state index in [-0.39, 0.29) is 30.7 Å². The standard InChI is InChI=1S/C18H18BN2O6/c1-12(22)24-8-9-25-18-16(20-3)6-7-17(21-18)27-14-4-5-15-13(10-14)11-26-19(15,2)23/h4-7,10,23H,8-9,11H2,1-2H3/q-1. The first-order valence-electron chi connectivity index (χ1n) is 8.39. The van der Waals surface area contributed by atoms with Gasteiger partial charge in [0.15, 0.2) is 0 Å². The van der Waals surface area contributed by atoms with Crippen molar-refractivity contribution in [2.24, 2.45) is 0 Å². The van der Waals surface area contributed by atoms with Crippen molar-refractivity contribution in [3.63, 3.8) is 0 Å². The second-order valence-electron chi connectivity index (χ2n) is 6.18. The molecule has 1 aromatic carbocycles. The molecule has 0 bridgehead atoms. The second-order valence-corrected chi connectivity index (χ2v) is 6.18. The lowest BCUT2D eigenvalue weighted by Crippen LogP contribution is -2.43. The molecule has 0 fully saturated rings. The number of carbonyl (C=O) groups is 1. The van der Waals surface area contributed by atoms with Gasteiger partial charge in [0.05, 0.1) is 6.57 Å². The highest BCUT2D eigenvalue weighted by molar-refractivity contribution is 6.79. The van der Waals surface area contributed by atoms with E-state index < -0.39 is 12.5 Å². The monoisotopic (exact) mass is 369 g/mol. The average Bonchev–Trinajstić information content (AvgIpc) is 2.93. The van der Waals surface area contributed by atoms with Crippen molar-refractivity contribution in [3.05, 3.63) is 47.3 Å². The minimum Gasteiger partial charge on any atom is -0.579 e. The Balaban J connectivity index is 1.73. The maximum Gasteiger partial charge on any atom is 0.302 e. The van der Waals surface area contributed by atoms with Gasteiger partial charge in [-0.1, -0.05) is 11.6 Å². The summed E-state index contributed by atoms with van der Waals surface area (Å²) in [6, 6.07) is 8.37. The molecule has 0 saturated carbocycles. The summed E-state index contributed by atoms with van der Waals surface area (Å²) in [6.45, 7) is 8.63. The minimum atomic E-state index is -1.97. The van der Waals surface area contributed by atoms with Crippen molar-refractivity contribution in [3.8, 4) is 17.5 Å². The van der Waals surface area contributed by atoms with Crippen molar-refractivity contribution >= 4 is 23.7 Å². The molecular weight excluding hydrogens is 351 g/mol. The van der Waals surface area contributed by atoms with Crippen LogP contribution in [0.25, 0.3) is 4.85 Å². The highest BCUT2D eigenvalue weighted by Crippen LogP contribution is 2.31. The quantitative estimate of drug-likeness (QED) is 0.361. The molecular formula is C18H18BN2O6-. The van der Waals surface area contributed by atoms with Gasteiger partial charge in [0.1, 0.15) is 19.0 Å². The van der Waals surface area contributed by atoms with E-state index in [1.165, 1.54) is 6.92 Å². The van der Waals surface area contributed by atoms with E-state index in [0.717, 1.165) is 11.0 Å². The van der Waals surface area contributed by atoms with Crippen molar-refractivity contribution < 1.29 is 28.7 Å². The SMILES string of the molecule is [C-]#[N+]c1ccc(Oc2ccc3c(c2)CO[B-]3(C)O)nc1OCCOC(C)=O. The average molecular weight is 369 g/mol. The number of ether oxygens (including phenoxy) is 3. The number of carbonyl (C=O) groups excluding carboxylic acids is 1. The molecule has 2 aromatic rings. The summed E-state index contributed by atoms with van der Waals surface area (Å²) in [7, 11) is 0. The number of rotatable bonds is 6. The Morgan fingerprint density at radius 3 is 2.93 bits per heavy atom. The van der Waals surface area contributed by atoms with Crippen LogP contribution in [0.3, 0.4) is 0 Å². The van der Waals surface area contributed by atoms with Crippen LogP contribution in [0, 0.1) is 6.57 Å². The molecule has 0 radical (unpaired) electrons. The molecule has 1 aromatic heterocycles. The Labute approximate surface area is 156 Å². The van der Waals surface area contributed by atoms with Crippen LogP contribution in [-0.4, -0.2) is 35.7 Å². The van der Waals surface area contributed by atoms with Crippen LogP contribution in [0.1, 0.15) is 12.5 Å². The zero-order valence-electron chi connectivity index (χ0n) is 15.0. The molecule has 27 heavy (non-hydrogen) atoms. The maximum absolute atomic E-state index is 10.8. The molecule has 0 spiro atoms. The highest BCUT2D eigenvalue weighted by Gasteiger charge is 2.28. The van der Waals surface area contributed by atoms with Crippen molar-refractivity contribution in [1.82, 2.24) is 4.98 Å². The van der Waals surface area contributed by atoms with Gasteiger partial charge in [0.25, 0.3) is 6.55 Å². The van der Waals surface area contributed by atoms with Gasteiger partial charge >= 0.3 is 5.97 Å². The van der Waals surface area contributed by atoms with Crippen LogP contribution in [0.4, 0.5) is 5.69 Å². The Hall–Kier alpha value is -3.09. The number of aromatic nitrogens is 1. The first-order chi connectivity index (χ1) is 12.9. The third-order valence-electron chi connectivity index (χ3n) is 4.04. The van der Waals surface area contributed by atoms with Crippen LogP contribution in [-0.2, 0) is 20.8 Å². The molecule has 140 valence electrons. The molecule has 0 amide bonds. The lowest BCUT2D eigenvalue weighted by molar-refractivity contribution is -0.141. The lowest BCUT2D eigenvalue weighted by atomic mass is 9.55. The first-order valence-corrected chi connectivity index (χ1v) is 8.39. The fourth-order valence-corrected chi connectivity index (χ4v) is 2.74. The van der Waals surface area contributed by atoms with E-state index in [0.29, 0.717) is 12.4 Å². The maximum atomic E-state index is 10.8. The van der Waals surface area contributed by atoms with Gasteiger partial charge in [-0.05, 0) is 24.3 Å². The zero-order valence-corrected chi connectivity index (χ0v) is 15.0. The Bertz CT molecular complexity index is 909. The molecule has 1 aliphatic rings. The third kappa shape index (κ3) is 4.37. The van der Waals surface area contributed by atoms with Crippen LogP contribution in [0.5, 0.6) is 17.5 Å². The van der Waals surface area contributed by atoms with Crippen molar-refractivity contribution in [2.45, 2.75) is 20.4 Å². The van der Waals surface area contributed by atoms with Gasteiger partial charge in [-0.3, -0.25) is 4.79 Å². The summed E-state index contributed by atoms with van der Waals surface area (Å²) in [5.41, 5.74) is 1.84. The highest BCUT2D eigenvalue weighted by atomic mass is 16.6. The van der Waals surface area contributed by atoms with Crippen molar-refractivity contribution in [2.75, 3.05) is 13.2 Å². The van der Waals surface area contributed by atoms with E-state index in [9.17, 15) is 9.82 Å². The summed E-state index contributed by atoms with van der Waals surface area (Å²) in [4.78, 5) is 18.3. The number of benzene rings is 1. The summed E-state index contributed by atoms with van der Waals surface area (Å²) < 4.78 is 21.4. The van der Waals surface area contributed by atoms with Crippen molar-refractivity contribution in [1.29, 1.82) is 0 Å². The molecule has 0 aliphatic carbocycles. The van der Waals surface area contributed by atoms with Gasteiger partial charge in [-0.25, -0.2) is 4.85 Å². The topological polar surface area (TPSA) is 91.5 Å². The van der Waals surface area contributed by atoms with E-state index in [4.69, 9.17) is 25.4 Å². The predicted octanol–water partition coefficient (Wildman–Crippen LogP) is 2.17. The molecule has 1 unspecified atom stereocenters. The van der Waals surface area contributed by atoms with Gasteiger partial charge in [0.2, 0.25) is 17.4 Å². The van der Waals surface area contributed by atoms with Gasteiger partial charge in [-0.2, -0.15) is 4.98 Å². The van der Waals surface area contributed by atoms with E-state index in [1.807, 2.05) is 0 Å². The largest absolute Gasteiger partial charge is 0.579 e. The smallest absolute Gasteiger partial charge is 0.302 e.